The zero-order chi connectivity index (χ0) is 15.0. The van der Waals surface area contributed by atoms with E-state index in [1.807, 2.05) is 38.1 Å². The highest BCUT2D eigenvalue weighted by atomic mass is 16.3. The van der Waals surface area contributed by atoms with Crippen molar-refractivity contribution >= 4 is 0 Å². The van der Waals surface area contributed by atoms with Crippen LogP contribution in [0.5, 0.6) is 0 Å². The lowest BCUT2D eigenvalue weighted by molar-refractivity contribution is 0.0807. The Hall–Kier alpha value is -1.34. The molecule has 3 nitrogen and oxygen atoms in total. The van der Waals surface area contributed by atoms with Crippen molar-refractivity contribution in [3.05, 3.63) is 35.4 Å². The molecule has 0 aromatic heterocycles. The minimum Gasteiger partial charge on any atom is -0.387 e. The van der Waals surface area contributed by atoms with Crippen LogP contribution in [0.4, 0.5) is 0 Å². The van der Waals surface area contributed by atoms with E-state index in [4.69, 9.17) is 5.73 Å². The van der Waals surface area contributed by atoms with Crippen LogP contribution in [0.25, 0.3) is 0 Å². The van der Waals surface area contributed by atoms with Gasteiger partial charge in [0.05, 0.1) is 6.10 Å². The van der Waals surface area contributed by atoms with Crippen LogP contribution in [-0.4, -0.2) is 22.4 Å². The number of aliphatic hydroxyl groups is 2. The maximum absolute atomic E-state index is 10.5. The van der Waals surface area contributed by atoms with Crippen LogP contribution < -0.4 is 5.73 Å². The van der Waals surface area contributed by atoms with Gasteiger partial charge in [0.15, 0.2) is 0 Å². The van der Waals surface area contributed by atoms with Gasteiger partial charge < -0.3 is 15.9 Å². The molecule has 0 aliphatic rings. The highest BCUT2D eigenvalue weighted by Gasteiger charge is 2.21. The quantitative estimate of drug-likeness (QED) is 0.698. The van der Waals surface area contributed by atoms with Crippen molar-refractivity contribution in [3.8, 4) is 11.8 Å². The topological polar surface area (TPSA) is 66.5 Å². The Morgan fingerprint density at radius 3 is 2.45 bits per heavy atom. The number of benzene rings is 1. The largest absolute Gasteiger partial charge is 0.387 e. The molecule has 0 saturated carbocycles. The molecular weight excluding hydrogens is 250 g/mol. The SMILES string of the molecule is CCCC(O)(C#Cc1cccc([C@H](O)CN)c1)CCC. The Labute approximate surface area is 121 Å². The van der Waals surface area contributed by atoms with Crippen molar-refractivity contribution in [1.82, 2.24) is 0 Å². The highest BCUT2D eigenvalue weighted by Crippen LogP contribution is 2.19. The van der Waals surface area contributed by atoms with Crippen molar-refractivity contribution in [2.24, 2.45) is 5.73 Å². The van der Waals surface area contributed by atoms with Crippen molar-refractivity contribution in [2.75, 3.05) is 6.54 Å². The first-order chi connectivity index (χ1) is 9.54. The first-order valence-electron chi connectivity index (χ1n) is 7.28. The summed E-state index contributed by atoms with van der Waals surface area (Å²) in [5.41, 5.74) is 6.09. The average molecular weight is 275 g/mol. The molecule has 0 radical (unpaired) electrons. The Morgan fingerprint density at radius 2 is 1.90 bits per heavy atom. The van der Waals surface area contributed by atoms with Gasteiger partial charge in [-0.05, 0) is 30.5 Å². The summed E-state index contributed by atoms with van der Waals surface area (Å²) in [7, 11) is 0. The number of rotatable bonds is 6. The summed E-state index contributed by atoms with van der Waals surface area (Å²) in [5.74, 6) is 6.01. The first-order valence-corrected chi connectivity index (χ1v) is 7.28. The molecule has 110 valence electrons. The van der Waals surface area contributed by atoms with Crippen LogP contribution in [-0.2, 0) is 0 Å². The molecule has 1 aromatic carbocycles. The van der Waals surface area contributed by atoms with E-state index in [0.717, 1.165) is 24.0 Å². The summed E-state index contributed by atoms with van der Waals surface area (Å²) < 4.78 is 0. The van der Waals surface area contributed by atoms with Crippen LogP contribution in [0.15, 0.2) is 24.3 Å². The number of hydrogen-bond donors (Lipinski definition) is 3. The Morgan fingerprint density at radius 1 is 1.25 bits per heavy atom. The molecular formula is C17H25NO2. The smallest absolute Gasteiger partial charge is 0.125 e. The first kappa shape index (κ1) is 16.7. The molecule has 0 aliphatic heterocycles. The molecule has 0 heterocycles. The summed E-state index contributed by atoms with van der Waals surface area (Å²) in [4.78, 5) is 0. The average Bonchev–Trinajstić information content (AvgIpc) is 2.45. The van der Waals surface area contributed by atoms with Gasteiger partial charge >= 0.3 is 0 Å². The highest BCUT2D eigenvalue weighted by molar-refractivity contribution is 5.39. The molecule has 20 heavy (non-hydrogen) atoms. The van der Waals surface area contributed by atoms with Crippen LogP contribution >= 0.6 is 0 Å². The zero-order valence-corrected chi connectivity index (χ0v) is 12.4. The fourth-order valence-corrected chi connectivity index (χ4v) is 2.23. The van der Waals surface area contributed by atoms with E-state index in [2.05, 4.69) is 11.8 Å². The third-order valence-corrected chi connectivity index (χ3v) is 3.26. The molecule has 0 fully saturated rings. The third kappa shape index (κ3) is 4.97. The van der Waals surface area contributed by atoms with Crippen LogP contribution in [0, 0.1) is 11.8 Å². The van der Waals surface area contributed by atoms with Gasteiger partial charge in [-0.3, -0.25) is 0 Å². The van der Waals surface area contributed by atoms with E-state index >= 15 is 0 Å². The second-order valence-corrected chi connectivity index (χ2v) is 5.16. The molecule has 0 bridgehead atoms. The number of hydrogen-bond acceptors (Lipinski definition) is 3. The number of aliphatic hydroxyl groups excluding tert-OH is 1. The Bertz CT molecular complexity index is 467. The third-order valence-electron chi connectivity index (χ3n) is 3.26. The molecule has 0 aliphatic carbocycles. The van der Waals surface area contributed by atoms with Gasteiger partial charge in [-0.1, -0.05) is 50.7 Å². The Kier molecular flexibility index (Phi) is 6.74. The standard InChI is InChI=1S/C17H25NO2/c1-3-9-17(20,10-4-2)11-8-14-6-5-7-15(12-14)16(19)13-18/h5-7,12,16,19-20H,3-4,9-10,13,18H2,1-2H3/t16-/m1/s1. The normalized spacial score (nSPS) is 12.7. The van der Waals surface area contributed by atoms with Crippen LogP contribution in [0.3, 0.4) is 0 Å². The van der Waals surface area contributed by atoms with Gasteiger partial charge in [-0.25, -0.2) is 0 Å². The molecule has 0 saturated heterocycles. The summed E-state index contributed by atoms with van der Waals surface area (Å²) in [6.45, 7) is 4.27. The van der Waals surface area contributed by atoms with E-state index in [0.29, 0.717) is 12.8 Å². The van der Waals surface area contributed by atoms with Crippen LogP contribution in [0.2, 0.25) is 0 Å². The molecule has 0 amide bonds. The molecule has 1 aromatic rings. The van der Waals surface area contributed by atoms with Gasteiger partial charge in [0.1, 0.15) is 5.60 Å². The predicted octanol–water partition coefficient (Wildman–Crippen LogP) is 2.36. The molecule has 4 N–H and O–H groups in total. The Balaban J connectivity index is 2.94. The fourth-order valence-electron chi connectivity index (χ4n) is 2.23. The van der Waals surface area contributed by atoms with Crippen LogP contribution in [0.1, 0.15) is 56.8 Å². The van der Waals surface area contributed by atoms with E-state index in [1.165, 1.54) is 0 Å². The van der Waals surface area contributed by atoms with E-state index < -0.39 is 11.7 Å². The summed E-state index contributed by atoms with van der Waals surface area (Å²) in [6.07, 6.45) is 2.49. The monoisotopic (exact) mass is 275 g/mol. The summed E-state index contributed by atoms with van der Waals surface area (Å²) in [6, 6.07) is 7.37. The molecule has 1 atom stereocenters. The van der Waals surface area contributed by atoms with E-state index in [1.54, 1.807) is 0 Å². The summed E-state index contributed by atoms with van der Waals surface area (Å²) in [5, 5.41) is 20.2. The minimum atomic E-state index is -0.911. The minimum absolute atomic E-state index is 0.187. The lowest BCUT2D eigenvalue weighted by atomic mass is 9.93. The van der Waals surface area contributed by atoms with Gasteiger partial charge in [-0.15, -0.1) is 0 Å². The van der Waals surface area contributed by atoms with Gasteiger partial charge in [0, 0.05) is 12.1 Å². The maximum atomic E-state index is 10.5. The van der Waals surface area contributed by atoms with E-state index in [-0.39, 0.29) is 6.54 Å². The summed E-state index contributed by atoms with van der Waals surface area (Å²) >= 11 is 0. The van der Waals surface area contributed by atoms with Gasteiger partial charge in [0.25, 0.3) is 0 Å². The van der Waals surface area contributed by atoms with Crippen molar-refractivity contribution in [1.29, 1.82) is 0 Å². The zero-order valence-electron chi connectivity index (χ0n) is 12.4. The predicted molar refractivity (Wildman–Crippen MR) is 82.1 cm³/mol. The molecule has 3 heteroatoms. The van der Waals surface area contributed by atoms with Crippen molar-refractivity contribution < 1.29 is 10.2 Å². The fraction of sp³-hybridized carbons (Fsp3) is 0.529. The van der Waals surface area contributed by atoms with Crippen molar-refractivity contribution in [2.45, 2.75) is 51.2 Å². The second kappa shape index (κ2) is 8.06. The maximum Gasteiger partial charge on any atom is 0.125 e. The van der Waals surface area contributed by atoms with Crippen molar-refractivity contribution in [3.63, 3.8) is 0 Å². The second-order valence-electron chi connectivity index (χ2n) is 5.16. The molecule has 0 unspecified atom stereocenters. The van der Waals surface area contributed by atoms with Gasteiger partial charge in [-0.2, -0.15) is 0 Å². The molecule has 1 rings (SSSR count). The number of nitrogens with two attached hydrogens (primary N) is 1. The van der Waals surface area contributed by atoms with Gasteiger partial charge in [0.2, 0.25) is 0 Å². The lowest BCUT2D eigenvalue weighted by Gasteiger charge is -2.20. The van der Waals surface area contributed by atoms with E-state index in [9.17, 15) is 10.2 Å². The molecule has 0 spiro atoms. The lowest BCUT2D eigenvalue weighted by Crippen LogP contribution is -2.25.